The van der Waals surface area contributed by atoms with Gasteiger partial charge in [-0.25, -0.2) is 11.0 Å². The summed E-state index contributed by atoms with van der Waals surface area (Å²) in [6, 6.07) is 18.4. The van der Waals surface area contributed by atoms with Gasteiger partial charge in [0.2, 0.25) is 0 Å². The van der Waals surface area contributed by atoms with Crippen LogP contribution in [0.4, 0.5) is 0 Å². The Balaban J connectivity index is 1.69. The van der Waals surface area contributed by atoms with E-state index >= 15 is 0 Å². The van der Waals surface area contributed by atoms with Gasteiger partial charge in [-0.15, -0.1) is 0 Å². The molecule has 32 heavy (non-hydrogen) atoms. The molecule has 0 radical (unpaired) electrons. The highest BCUT2D eigenvalue weighted by Crippen LogP contribution is 2.27. The first-order chi connectivity index (χ1) is 15.5. The van der Waals surface area contributed by atoms with E-state index in [0.29, 0.717) is 5.56 Å². The smallest absolute Gasteiger partial charge is 0.274 e. The molecule has 0 heterocycles. The Bertz CT molecular complexity index is 1080. The summed E-state index contributed by atoms with van der Waals surface area (Å²) >= 11 is 0. The van der Waals surface area contributed by atoms with E-state index < -0.39 is 11.8 Å². The molecule has 7 heteroatoms. The number of hydroxylamine groups is 2. The van der Waals surface area contributed by atoms with Crippen LogP contribution in [-0.4, -0.2) is 35.0 Å². The number of hydrogen-bond acceptors (Lipinski definition) is 5. The predicted octanol–water partition coefficient (Wildman–Crippen LogP) is 4.22. The molecule has 0 saturated heterocycles. The van der Waals surface area contributed by atoms with Crippen molar-refractivity contribution >= 4 is 22.6 Å². The maximum Gasteiger partial charge on any atom is 0.274 e. The number of hydrogen-bond donors (Lipinski definition) is 3. The van der Waals surface area contributed by atoms with E-state index in [1.165, 1.54) is 29.8 Å². The highest BCUT2D eigenvalue weighted by molar-refractivity contribution is 5.97. The summed E-state index contributed by atoms with van der Waals surface area (Å²) < 4.78 is 0. The summed E-state index contributed by atoms with van der Waals surface area (Å²) in [5, 5.41) is 10.9. The van der Waals surface area contributed by atoms with E-state index in [2.05, 4.69) is 48.5 Å². The third-order valence-electron chi connectivity index (χ3n) is 5.56. The number of nitrogens with one attached hydrogen (secondary N) is 2. The average molecular weight is 436 g/mol. The number of benzene rings is 3. The van der Waals surface area contributed by atoms with Crippen LogP contribution in [-0.2, 0) is 11.4 Å². The van der Waals surface area contributed by atoms with E-state index in [-0.39, 0.29) is 11.7 Å². The van der Waals surface area contributed by atoms with Crippen molar-refractivity contribution in [1.82, 2.24) is 15.9 Å². The van der Waals surface area contributed by atoms with Crippen molar-refractivity contribution in [2.45, 2.75) is 33.4 Å². The minimum Gasteiger partial charge on any atom is -0.300 e. The molecule has 0 saturated carbocycles. The molecule has 3 aromatic rings. The van der Waals surface area contributed by atoms with E-state index in [4.69, 9.17) is 10.0 Å². The second kappa shape index (κ2) is 10.9. The maximum absolute atomic E-state index is 12.4. The predicted molar refractivity (Wildman–Crippen MR) is 123 cm³/mol. The van der Waals surface area contributed by atoms with Crippen LogP contribution in [0.25, 0.3) is 10.8 Å². The molecule has 0 aromatic heterocycles. The molecule has 0 aliphatic rings. The standard InChI is InChI=1S/C25H29N3O4/c1-4-28(5-2)16-18-9-14-23-21(15-18)7-6-8-22(23)17(3)32-27-25(30)20-12-10-19(11-13-20)24(29)26-31/h6-15,17,31H,4-5,16H2,1-3H3,(H,26,29)(H,27,30). The van der Waals surface area contributed by atoms with Crippen LogP contribution in [0.3, 0.4) is 0 Å². The van der Waals surface area contributed by atoms with Gasteiger partial charge in [-0.1, -0.05) is 44.2 Å². The van der Waals surface area contributed by atoms with E-state index in [0.717, 1.165) is 36.0 Å². The van der Waals surface area contributed by atoms with Crippen LogP contribution < -0.4 is 11.0 Å². The fourth-order valence-corrected chi connectivity index (χ4v) is 3.62. The third-order valence-corrected chi connectivity index (χ3v) is 5.56. The van der Waals surface area contributed by atoms with Crippen molar-refractivity contribution in [3.63, 3.8) is 0 Å². The van der Waals surface area contributed by atoms with Crippen molar-refractivity contribution in [2.75, 3.05) is 13.1 Å². The second-order valence-corrected chi connectivity index (χ2v) is 7.57. The first kappa shape index (κ1) is 23.4. The average Bonchev–Trinajstić information content (AvgIpc) is 2.84. The number of fused-ring (bicyclic) bond motifs is 1. The Hall–Kier alpha value is -3.26. The van der Waals surface area contributed by atoms with Crippen LogP contribution in [0.5, 0.6) is 0 Å². The largest absolute Gasteiger partial charge is 0.300 e. The number of carbonyl (C=O) groups excluding carboxylic acids is 2. The number of amides is 2. The van der Waals surface area contributed by atoms with Gasteiger partial charge in [0.15, 0.2) is 0 Å². The van der Waals surface area contributed by atoms with Gasteiger partial charge >= 0.3 is 0 Å². The van der Waals surface area contributed by atoms with Crippen LogP contribution in [0.15, 0.2) is 60.7 Å². The monoisotopic (exact) mass is 435 g/mol. The number of carbonyl (C=O) groups is 2. The molecule has 0 spiro atoms. The molecule has 2 amide bonds. The second-order valence-electron chi connectivity index (χ2n) is 7.57. The zero-order valence-electron chi connectivity index (χ0n) is 18.6. The van der Waals surface area contributed by atoms with Crippen LogP contribution in [0.2, 0.25) is 0 Å². The molecule has 1 atom stereocenters. The quantitative estimate of drug-likeness (QED) is 0.346. The van der Waals surface area contributed by atoms with Crippen molar-refractivity contribution in [3.05, 3.63) is 82.9 Å². The molecule has 0 aliphatic carbocycles. The van der Waals surface area contributed by atoms with Gasteiger partial charge in [0.25, 0.3) is 11.8 Å². The van der Waals surface area contributed by atoms with Crippen molar-refractivity contribution in [3.8, 4) is 0 Å². The van der Waals surface area contributed by atoms with E-state index in [1.54, 1.807) is 5.48 Å². The molecule has 0 fully saturated rings. The highest BCUT2D eigenvalue weighted by atomic mass is 16.7. The first-order valence-corrected chi connectivity index (χ1v) is 10.7. The lowest BCUT2D eigenvalue weighted by molar-refractivity contribution is -0.00831. The Morgan fingerprint density at radius 1 is 0.969 bits per heavy atom. The van der Waals surface area contributed by atoms with Crippen LogP contribution in [0, 0.1) is 0 Å². The van der Waals surface area contributed by atoms with Gasteiger partial charge < -0.3 is 0 Å². The molecule has 7 nitrogen and oxygen atoms in total. The van der Waals surface area contributed by atoms with Gasteiger partial charge in [-0.2, -0.15) is 0 Å². The Kier molecular flexibility index (Phi) is 7.94. The molecule has 3 rings (SSSR count). The first-order valence-electron chi connectivity index (χ1n) is 10.7. The van der Waals surface area contributed by atoms with Gasteiger partial charge in [0.1, 0.15) is 6.10 Å². The Morgan fingerprint density at radius 2 is 1.62 bits per heavy atom. The SMILES string of the molecule is CCN(CC)Cc1ccc2c(C(C)ONC(=O)c3ccc(C(=O)NO)cc3)cccc2c1. The lowest BCUT2D eigenvalue weighted by Crippen LogP contribution is -2.25. The summed E-state index contributed by atoms with van der Waals surface area (Å²) in [4.78, 5) is 31.8. The molecule has 168 valence electrons. The van der Waals surface area contributed by atoms with Gasteiger partial charge in [0, 0.05) is 17.7 Å². The Labute approximate surface area is 187 Å². The lowest BCUT2D eigenvalue weighted by atomic mass is 9.99. The molecule has 0 aliphatic heterocycles. The van der Waals surface area contributed by atoms with Crippen molar-refractivity contribution in [2.24, 2.45) is 0 Å². The van der Waals surface area contributed by atoms with E-state index in [9.17, 15) is 9.59 Å². The van der Waals surface area contributed by atoms with Crippen LogP contribution in [0.1, 0.15) is 58.7 Å². The third kappa shape index (κ3) is 5.50. The van der Waals surface area contributed by atoms with Crippen molar-refractivity contribution < 1.29 is 19.6 Å². The summed E-state index contributed by atoms with van der Waals surface area (Å²) in [6.45, 7) is 9.14. The highest BCUT2D eigenvalue weighted by Gasteiger charge is 2.14. The van der Waals surface area contributed by atoms with Crippen molar-refractivity contribution in [1.29, 1.82) is 0 Å². The summed E-state index contributed by atoms with van der Waals surface area (Å²) in [6.07, 6.45) is -0.365. The fourth-order valence-electron chi connectivity index (χ4n) is 3.62. The molecule has 0 bridgehead atoms. The summed E-state index contributed by atoms with van der Waals surface area (Å²) in [5.41, 5.74) is 6.86. The minimum absolute atomic E-state index is 0.245. The minimum atomic E-state index is -0.641. The molecular weight excluding hydrogens is 406 g/mol. The van der Waals surface area contributed by atoms with Gasteiger partial charge in [-0.3, -0.25) is 24.5 Å². The summed E-state index contributed by atoms with van der Waals surface area (Å²) in [5.74, 6) is -1.06. The normalized spacial score (nSPS) is 12.0. The molecular formula is C25H29N3O4. The van der Waals surface area contributed by atoms with Gasteiger partial charge in [0.05, 0.1) is 0 Å². The lowest BCUT2D eigenvalue weighted by Gasteiger charge is -2.19. The van der Waals surface area contributed by atoms with Gasteiger partial charge in [-0.05, 0) is 72.2 Å². The topological polar surface area (TPSA) is 90.9 Å². The Morgan fingerprint density at radius 3 is 2.25 bits per heavy atom. The molecule has 1 unspecified atom stereocenters. The molecule has 3 N–H and O–H groups in total. The fraction of sp³-hybridized carbons (Fsp3) is 0.280. The maximum atomic E-state index is 12.4. The van der Waals surface area contributed by atoms with E-state index in [1.807, 2.05) is 19.1 Å². The molecule has 3 aromatic carbocycles. The number of rotatable bonds is 9. The zero-order valence-corrected chi connectivity index (χ0v) is 18.6. The number of nitrogens with zero attached hydrogens (tertiary/aromatic N) is 1. The summed E-state index contributed by atoms with van der Waals surface area (Å²) in [7, 11) is 0. The zero-order chi connectivity index (χ0) is 23.1. The van der Waals surface area contributed by atoms with Crippen LogP contribution >= 0.6 is 0 Å².